The average Bonchev–Trinajstić information content (AvgIpc) is 2.24. The van der Waals surface area contributed by atoms with Crippen molar-refractivity contribution in [2.75, 3.05) is 6.61 Å². The lowest BCUT2D eigenvalue weighted by molar-refractivity contribution is 0.0367. The molecule has 0 spiro atoms. The van der Waals surface area contributed by atoms with Gasteiger partial charge >= 0.3 is 16.4 Å². The second-order valence-electron chi connectivity index (χ2n) is 6.22. The van der Waals surface area contributed by atoms with E-state index in [1.54, 1.807) is 20.8 Å². The third-order valence-corrected chi connectivity index (χ3v) is 3.52. The molecule has 0 radical (unpaired) electrons. The Balaban J connectivity index is 2.70. The van der Waals surface area contributed by atoms with Crippen molar-refractivity contribution in [3.8, 4) is 0 Å². The van der Waals surface area contributed by atoms with Crippen molar-refractivity contribution in [2.24, 2.45) is 5.14 Å². The number of carbonyl (C=O) groups is 1. The largest absolute Gasteiger partial charge is 0.444 e. The van der Waals surface area contributed by atoms with Crippen LogP contribution in [0.2, 0.25) is 0 Å². The van der Waals surface area contributed by atoms with Crippen LogP contribution in [0.3, 0.4) is 0 Å². The Morgan fingerprint density at radius 2 is 1.80 bits per heavy atom. The van der Waals surface area contributed by atoms with Crippen molar-refractivity contribution in [3.05, 3.63) is 0 Å². The van der Waals surface area contributed by atoms with Gasteiger partial charge in [-0.15, -0.1) is 0 Å². The van der Waals surface area contributed by atoms with Gasteiger partial charge in [-0.3, -0.25) is 4.18 Å². The molecule has 0 unspecified atom stereocenters. The van der Waals surface area contributed by atoms with Gasteiger partial charge in [-0.2, -0.15) is 8.42 Å². The Hall–Kier alpha value is -0.860. The summed E-state index contributed by atoms with van der Waals surface area (Å²) in [5.74, 6) is 0. The molecule has 118 valence electrons. The number of alkyl carbamates (subject to hydrolysis) is 1. The number of hydrogen-bond donors (Lipinski definition) is 2. The molecule has 0 aliphatic heterocycles. The van der Waals surface area contributed by atoms with Gasteiger partial charge in [0.05, 0.1) is 12.1 Å². The zero-order valence-corrected chi connectivity index (χ0v) is 13.1. The van der Waals surface area contributed by atoms with Crippen molar-refractivity contribution in [1.29, 1.82) is 0 Å². The average molecular weight is 308 g/mol. The monoisotopic (exact) mass is 308 g/mol. The molecule has 8 heteroatoms. The molecule has 1 amide bonds. The van der Waals surface area contributed by atoms with Crippen molar-refractivity contribution < 1.29 is 22.1 Å². The molecule has 7 nitrogen and oxygen atoms in total. The molecule has 20 heavy (non-hydrogen) atoms. The summed E-state index contributed by atoms with van der Waals surface area (Å²) in [6.45, 7) is 5.13. The molecular weight excluding hydrogens is 284 g/mol. The lowest BCUT2D eigenvalue weighted by Gasteiger charge is -2.37. The second-order valence-corrected chi connectivity index (χ2v) is 7.44. The van der Waals surface area contributed by atoms with Crippen LogP contribution in [-0.4, -0.2) is 32.3 Å². The van der Waals surface area contributed by atoms with E-state index in [0.717, 1.165) is 19.3 Å². The zero-order chi connectivity index (χ0) is 15.4. The Kier molecular flexibility index (Phi) is 5.39. The molecule has 0 bridgehead atoms. The van der Waals surface area contributed by atoms with Crippen LogP contribution in [-0.2, 0) is 19.2 Å². The van der Waals surface area contributed by atoms with E-state index in [0.29, 0.717) is 12.8 Å². The third-order valence-electron chi connectivity index (χ3n) is 3.08. The summed E-state index contributed by atoms with van der Waals surface area (Å²) < 4.78 is 31.8. The van der Waals surface area contributed by atoms with Crippen LogP contribution in [0, 0.1) is 0 Å². The van der Waals surface area contributed by atoms with E-state index in [9.17, 15) is 13.2 Å². The molecule has 0 aromatic heterocycles. The SMILES string of the molecule is CC(C)(C)OC(=O)NC1(COS(N)(=O)=O)CCCCC1. The van der Waals surface area contributed by atoms with Crippen LogP contribution in [0.25, 0.3) is 0 Å². The van der Waals surface area contributed by atoms with E-state index in [-0.39, 0.29) is 6.61 Å². The molecule has 1 aliphatic carbocycles. The molecule has 0 heterocycles. The van der Waals surface area contributed by atoms with Crippen LogP contribution in [0.1, 0.15) is 52.9 Å². The number of carbonyl (C=O) groups excluding carboxylic acids is 1. The maximum absolute atomic E-state index is 11.9. The van der Waals surface area contributed by atoms with E-state index in [1.807, 2.05) is 0 Å². The number of ether oxygens (including phenoxy) is 1. The Morgan fingerprint density at radius 3 is 2.25 bits per heavy atom. The minimum Gasteiger partial charge on any atom is -0.444 e. The Morgan fingerprint density at radius 1 is 1.25 bits per heavy atom. The standard InChI is InChI=1S/C12H24N2O5S/c1-11(2,3)19-10(15)14-12(7-5-4-6-8-12)9-18-20(13,16)17/h4-9H2,1-3H3,(H,14,15)(H2,13,16,17). The van der Waals surface area contributed by atoms with Gasteiger partial charge in [0.25, 0.3) is 0 Å². The van der Waals surface area contributed by atoms with Crippen molar-refractivity contribution in [1.82, 2.24) is 5.32 Å². The van der Waals surface area contributed by atoms with Crippen LogP contribution in [0.15, 0.2) is 0 Å². The number of nitrogens with two attached hydrogens (primary N) is 1. The van der Waals surface area contributed by atoms with E-state index in [1.165, 1.54) is 0 Å². The van der Waals surface area contributed by atoms with Gasteiger partial charge < -0.3 is 10.1 Å². The number of nitrogens with one attached hydrogen (secondary N) is 1. The van der Waals surface area contributed by atoms with E-state index in [4.69, 9.17) is 9.88 Å². The van der Waals surface area contributed by atoms with Crippen LogP contribution >= 0.6 is 0 Å². The minimum atomic E-state index is -4.02. The van der Waals surface area contributed by atoms with Crippen LogP contribution < -0.4 is 10.5 Å². The first kappa shape index (κ1) is 17.2. The first-order chi connectivity index (χ1) is 9.02. The Bertz CT molecular complexity index is 435. The van der Waals surface area contributed by atoms with Crippen molar-refractivity contribution >= 4 is 16.4 Å². The third kappa shape index (κ3) is 6.53. The van der Waals surface area contributed by atoms with Gasteiger partial charge in [-0.25, -0.2) is 9.93 Å². The molecule has 1 saturated carbocycles. The second kappa shape index (κ2) is 6.28. The highest BCUT2D eigenvalue weighted by atomic mass is 32.2. The molecule has 0 aromatic carbocycles. The van der Waals surface area contributed by atoms with Gasteiger partial charge in [0.1, 0.15) is 5.60 Å². The predicted octanol–water partition coefficient (Wildman–Crippen LogP) is 1.43. The number of hydrogen-bond acceptors (Lipinski definition) is 5. The summed E-state index contributed by atoms with van der Waals surface area (Å²) in [5.41, 5.74) is -1.34. The number of rotatable bonds is 4. The van der Waals surface area contributed by atoms with Gasteiger partial charge in [-0.05, 0) is 33.6 Å². The fraction of sp³-hybridized carbons (Fsp3) is 0.917. The lowest BCUT2D eigenvalue weighted by Crippen LogP contribution is -2.54. The maximum Gasteiger partial charge on any atom is 0.408 e. The molecule has 0 saturated heterocycles. The molecular formula is C12H24N2O5S. The topological polar surface area (TPSA) is 108 Å². The normalized spacial score (nSPS) is 19.4. The fourth-order valence-corrected chi connectivity index (χ4v) is 2.64. The zero-order valence-electron chi connectivity index (χ0n) is 12.3. The molecule has 3 N–H and O–H groups in total. The van der Waals surface area contributed by atoms with Gasteiger partial charge in [0, 0.05) is 0 Å². The van der Waals surface area contributed by atoms with Gasteiger partial charge in [0.2, 0.25) is 0 Å². The molecule has 1 aliphatic rings. The highest BCUT2D eigenvalue weighted by Crippen LogP contribution is 2.29. The molecule has 1 rings (SSSR count). The van der Waals surface area contributed by atoms with Crippen molar-refractivity contribution in [3.63, 3.8) is 0 Å². The highest BCUT2D eigenvalue weighted by Gasteiger charge is 2.36. The van der Waals surface area contributed by atoms with Gasteiger partial charge in [0.15, 0.2) is 0 Å². The summed E-state index contributed by atoms with van der Waals surface area (Å²) >= 11 is 0. The van der Waals surface area contributed by atoms with E-state index >= 15 is 0 Å². The fourth-order valence-electron chi connectivity index (χ4n) is 2.25. The maximum atomic E-state index is 11.9. The summed E-state index contributed by atoms with van der Waals surface area (Å²) in [5, 5.41) is 7.61. The minimum absolute atomic E-state index is 0.162. The highest BCUT2D eigenvalue weighted by molar-refractivity contribution is 7.84. The first-order valence-electron chi connectivity index (χ1n) is 6.70. The predicted molar refractivity (Wildman–Crippen MR) is 74.2 cm³/mol. The molecule has 0 atom stereocenters. The first-order valence-corrected chi connectivity index (χ1v) is 8.17. The van der Waals surface area contributed by atoms with Crippen molar-refractivity contribution in [2.45, 2.75) is 64.0 Å². The quantitative estimate of drug-likeness (QED) is 0.817. The van der Waals surface area contributed by atoms with Crippen LogP contribution in [0.4, 0.5) is 4.79 Å². The summed E-state index contributed by atoms with van der Waals surface area (Å²) in [6, 6.07) is 0. The van der Waals surface area contributed by atoms with E-state index in [2.05, 4.69) is 9.50 Å². The van der Waals surface area contributed by atoms with Gasteiger partial charge in [-0.1, -0.05) is 19.3 Å². The lowest BCUT2D eigenvalue weighted by atomic mass is 9.82. The van der Waals surface area contributed by atoms with E-state index < -0.39 is 27.5 Å². The Labute approximate surface area is 120 Å². The summed E-state index contributed by atoms with van der Waals surface area (Å²) in [6.07, 6.45) is 3.54. The number of amides is 1. The van der Waals surface area contributed by atoms with Crippen LogP contribution in [0.5, 0.6) is 0 Å². The molecule has 0 aromatic rings. The molecule has 1 fully saturated rings. The summed E-state index contributed by atoms with van der Waals surface area (Å²) in [7, 11) is -4.02. The summed E-state index contributed by atoms with van der Waals surface area (Å²) in [4.78, 5) is 11.9. The smallest absolute Gasteiger partial charge is 0.408 e.